The summed E-state index contributed by atoms with van der Waals surface area (Å²) < 4.78 is 5.40. The molecule has 0 aliphatic carbocycles. The summed E-state index contributed by atoms with van der Waals surface area (Å²) in [5, 5.41) is 12.3. The lowest BCUT2D eigenvalue weighted by Gasteiger charge is -2.06. The Hall–Kier alpha value is -2.50. The van der Waals surface area contributed by atoms with E-state index in [0.29, 0.717) is 12.3 Å². The van der Waals surface area contributed by atoms with E-state index in [1.807, 2.05) is 25.1 Å². The summed E-state index contributed by atoms with van der Waals surface area (Å²) in [6.07, 6.45) is 0. The van der Waals surface area contributed by atoms with Crippen LogP contribution in [0.4, 0.5) is 0 Å². The summed E-state index contributed by atoms with van der Waals surface area (Å²) in [5.74, 6) is -1.15. The van der Waals surface area contributed by atoms with Crippen LogP contribution in [0.15, 0.2) is 24.3 Å². The van der Waals surface area contributed by atoms with E-state index >= 15 is 0 Å². The first-order valence-corrected chi connectivity index (χ1v) is 6.77. The van der Waals surface area contributed by atoms with Gasteiger partial charge in [0.25, 0.3) is 5.91 Å². The number of aromatic nitrogens is 1. The van der Waals surface area contributed by atoms with E-state index < -0.39 is 11.9 Å². The van der Waals surface area contributed by atoms with Crippen LogP contribution in [0.3, 0.4) is 0 Å². The quantitative estimate of drug-likeness (QED) is 0.759. The van der Waals surface area contributed by atoms with Gasteiger partial charge in [-0.15, -0.1) is 0 Å². The molecule has 0 radical (unpaired) electrons. The Morgan fingerprint density at radius 3 is 2.81 bits per heavy atom. The van der Waals surface area contributed by atoms with E-state index in [4.69, 9.17) is 9.84 Å². The molecule has 3 N–H and O–H groups in total. The standard InChI is InChI=1S/C15H18N2O4/c1-3-21-11-5-4-10-6-13(17-12(10)7-11)14(18)16-8-9(2)15(19)20/h4-7,9,17H,3,8H2,1-2H3,(H,16,18)(H,19,20). The summed E-state index contributed by atoms with van der Waals surface area (Å²) in [4.78, 5) is 25.7. The number of hydrogen-bond donors (Lipinski definition) is 3. The van der Waals surface area contributed by atoms with Gasteiger partial charge < -0.3 is 20.1 Å². The molecule has 0 spiro atoms. The fourth-order valence-electron chi connectivity index (χ4n) is 1.91. The number of aromatic amines is 1. The third-order valence-corrected chi connectivity index (χ3v) is 3.14. The van der Waals surface area contributed by atoms with Gasteiger partial charge in [0, 0.05) is 23.5 Å². The Labute approximate surface area is 122 Å². The number of carbonyl (C=O) groups excluding carboxylic acids is 1. The van der Waals surface area contributed by atoms with Gasteiger partial charge in [-0.1, -0.05) is 6.92 Å². The van der Waals surface area contributed by atoms with Gasteiger partial charge >= 0.3 is 5.97 Å². The van der Waals surface area contributed by atoms with E-state index in [-0.39, 0.29) is 12.5 Å². The van der Waals surface area contributed by atoms with Crippen LogP contribution in [-0.2, 0) is 4.79 Å². The molecule has 1 amide bonds. The minimum absolute atomic E-state index is 0.0910. The number of H-pyrrole nitrogens is 1. The molecule has 2 aromatic rings. The fraction of sp³-hybridized carbons (Fsp3) is 0.333. The lowest BCUT2D eigenvalue weighted by Crippen LogP contribution is -2.31. The maximum Gasteiger partial charge on any atom is 0.308 e. The Bertz CT molecular complexity index is 663. The Balaban J connectivity index is 2.11. The van der Waals surface area contributed by atoms with Crippen molar-refractivity contribution >= 4 is 22.8 Å². The second-order valence-electron chi connectivity index (χ2n) is 4.81. The molecule has 0 saturated carbocycles. The molecule has 1 heterocycles. The number of carboxylic acids is 1. The number of fused-ring (bicyclic) bond motifs is 1. The Kier molecular flexibility index (Phi) is 4.47. The van der Waals surface area contributed by atoms with E-state index in [2.05, 4.69) is 10.3 Å². The van der Waals surface area contributed by atoms with Gasteiger partial charge in [0.2, 0.25) is 0 Å². The molecule has 0 aliphatic rings. The number of nitrogens with one attached hydrogen (secondary N) is 2. The van der Waals surface area contributed by atoms with Crippen LogP contribution >= 0.6 is 0 Å². The van der Waals surface area contributed by atoms with Crippen LogP contribution in [0.5, 0.6) is 5.75 Å². The number of ether oxygens (including phenoxy) is 1. The minimum atomic E-state index is -0.937. The van der Waals surface area contributed by atoms with E-state index in [9.17, 15) is 9.59 Å². The first-order chi connectivity index (χ1) is 10.0. The smallest absolute Gasteiger partial charge is 0.308 e. The van der Waals surface area contributed by atoms with Gasteiger partial charge in [-0.3, -0.25) is 9.59 Å². The largest absolute Gasteiger partial charge is 0.494 e. The molecule has 21 heavy (non-hydrogen) atoms. The molecular formula is C15H18N2O4. The van der Waals surface area contributed by atoms with Gasteiger partial charge in [-0.2, -0.15) is 0 Å². The lowest BCUT2D eigenvalue weighted by atomic mass is 10.2. The molecule has 1 unspecified atom stereocenters. The first-order valence-electron chi connectivity index (χ1n) is 6.77. The molecule has 112 valence electrons. The number of hydrogen-bond acceptors (Lipinski definition) is 3. The molecule has 1 aromatic carbocycles. The topological polar surface area (TPSA) is 91.4 Å². The molecule has 6 heteroatoms. The normalized spacial score (nSPS) is 12.1. The highest BCUT2D eigenvalue weighted by Crippen LogP contribution is 2.21. The summed E-state index contributed by atoms with van der Waals surface area (Å²) >= 11 is 0. The van der Waals surface area contributed by atoms with Gasteiger partial charge in [0.05, 0.1) is 12.5 Å². The van der Waals surface area contributed by atoms with Crippen molar-refractivity contribution in [3.05, 3.63) is 30.0 Å². The third-order valence-electron chi connectivity index (χ3n) is 3.14. The minimum Gasteiger partial charge on any atom is -0.494 e. The van der Waals surface area contributed by atoms with E-state index in [1.54, 1.807) is 13.0 Å². The average molecular weight is 290 g/mol. The second kappa shape index (κ2) is 6.30. The summed E-state index contributed by atoms with van der Waals surface area (Å²) in [7, 11) is 0. The van der Waals surface area contributed by atoms with Crippen LogP contribution in [0, 0.1) is 5.92 Å². The van der Waals surface area contributed by atoms with Crippen molar-refractivity contribution in [2.45, 2.75) is 13.8 Å². The summed E-state index contributed by atoms with van der Waals surface area (Å²) in [6, 6.07) is 7.27. The first kappa shape index (κ1) is 14.9. The average Bonchev–Trinajstić information content (AvgIpc) is 2.87. The van der Waals surface area contributed by atoms with Crippen LogP contribution in [0.2, 0.25) is 0 Å². The van der Waals surface area contributed by atoms with E-state index in [0.717, 1.165) is 16.7 Å². The number of carboxylic acid groups (broad SMARTS) is 1. The second-order valence-corrected chi connectivity index (χ2v) is 4.81. The van der Waals surface area contributed by atoms with Crippen molar-refractivity contribution in [1.29, 1.82) is 0 Å². The maximum atomic E-state index is 12.0. The molecule has 0 bridgehead atoms. The number of aliphatic carboxylic acids is 1. The zero-order chi connectivity index (χ0) is 15.4. The number of amides is 1. The molecule has 0 saturated heterocycles. The Morgan fingerprint density at radius 2 is 2.14 bits per heavy atom. The monoisotopic (exact) mass is 290 g/mol. The van der Waals surface area contributed by atoms with Gasteiger partial charge in [-0.05, 0) is 25.1 Å². The predicted molar refractivity (Wildman–Crippen MR) is 78.6 cm³/mol. The van der Waals surface area contributed by atoms with Crippen molar-refractivity contribution < 1.29 is 19.4 Å². The highest BCUT2D eigenvalue weighted by Gasteiger charge is 2.14. The van der Waals surface area contributed by atoms with Crippen LogP contribution in [0.25, 0.3) is 10.9 Å². The van der Waals surface area contributed by atoms with Crippen molar-refractivity contribution in [1.82, 2.24) is 10.3 Å². The molecule has 2 rings (SSSR count). The van der Waals surface area contributed by atoms with Gasteiger partial charge in [0.1, 0.15) is 11.4 Å². The molecule has 1 atom stereocenters. The highest BCUT2D eigenvalue weighted by atomic mass is 16.5. The maximum absolute atomic E-state index is 12.0. The molecule has 6 nitrogen and oxygen atoms in total. The van der Waals surface area contributed by atoms with Gasteiger partial charge in [-0.25, -0.2) is 0 Å². The van der Waals surface area contributed by atoms with Crippen molar-refractivity contribution in [3.63, 3.8) is 0 Å². The lowest BCUT2D eigenvalue weighted by molar-refractivity contribution is -0.140. The number of rotatable bonds is 6. The van der Waals surface area contributed by atoms with Crippen LogP contribution in [-0.4, -0.2) is 35.1 Å². The predicted octanol–water partition coefficient (Wildman–Crippen LogP) is 2.02. The Morgan fingerprint density at radius 1 is 1.38 bits per heavy atom. The van der Waals surface area contributed by atoms with Crippen molar-refractivity contribution in [2.24, 2.45) is 5.92 Å². The van der Waals surface area contributed by atoms with Crippen molar-refractivity contribution in [3.8, 4) is 5.75 Å². The third kappa shape index (κ3) is 3.53. The summed E-state index contributed by atoms with van der Waals surface area (Å²) in [5.41, 5.74) is 1.20. The molecule has 0 fully saturated rings. The number of carbonyl (C=O) groups is 2. The molecular weight excluding hydrogens is 272 g/mol. The van der Waals surface area contributed by atoms with Crippen LogP contribution < -0.4 is 10.1 Å². The molecule has 0 aliphatic heterocycles. The van der Waals surface area contributed by atoms with Gasteiger partial charge in [0.15, 0.2) is 0 Å². The van der Waals surface area contributed by atoms with Crippen molar-refractivity contribution in [2.75, 3.05) is 13.2 Å². The zero-order valence-electron chi connectivity index (χ0n) is 12.0. The zero-order valence-corrected chi connectivity index (χ0v) is 12.0. The van der Waals surface area contributed by atoms with E-state index in [1.165, 1.54) is 0 Å². The SMILES string of the molecule is CCOc1ccc2cc(C(=O)NCC(C)C(=O)O)[nH]c2c1. The fourth-order valence-corrected chi connectivity index (χ4v) is 1.91. The summed E-state index contributed by atoms with van der Waals surface area (Å²) in [6.45, 7) is 4.12. The highest BCUT2D eigenvalue weighted by molar-refractivity contribution is 5.98. The molecule has 1 aromatic heterocycles. The van der Waals surface area contributed by atoms with Crippen LogP contribution in [0.1, 0.15) is 24.3 Å². The number of benzene rings is 1.